The van der Waals surface area contributed by atoms with Crippen LogP contribution in [-0.2, 0) is 23.1 Å². The van der Waals surface area contributed by atoms with Crippen LogP contribution in [0.3, 0.4) is 0 Å². The molecule has 30 heavy (non-hydrogen) atoms. The first kappa shape index (κ1) is 18.0. The summed E-state index contributed by atoms with van der Waals surface area (Å²) in [6, 6.07) is 4.38. The first-order valence-corrected chi connectivity index (χ1v) is 9.26. The Labute approximate surface area is 168 Å². The fourth-order valence-electron chi connectivity index (χ4n) is 3.55. The van der Waals surface area contributed by atoms with Crippen molar-refractivity contribution in [3.63, 3.8) is 0 Å². The van der Waals surface area contributed by atoms with Crippen LogP contribution in [0.4, 0.5) is 0 Å². The fourth-order valence-corrected chi connectivity index (χ4v) is 3.55. The number of piperidine rings is 1. The van der Waals surface area contributed by atoms with Crippen molar-refractivity contribution in [1.82, 2.24) is 29.6 Å². The molecule has 2 amide bonds. The Hall–Kier alpha value is -4.02. The lowest BCUT2D eigenvalue weighted by atomic mass is 10.1. The number of nitrogens with one attached hydrogen (secondary N) is 1. The number of aryl methyl sites for hydroxylation is 1. The third-order valence-corrected chi connectivity index (χ3v) is 4.96. The van der Waals surface area contributed by atoms with E-state index in [0.717, 1.165) is 5.56 Å². The van der Waals surface area contributed by atoms with Gasteiger partial charge in [0.2, 0.25) is 23.5 Å². The maximum atomic E-state index is 12.4. The highest BCUT2D eigenvalue weighted by Gasteiger charge is 2.31. The number of aromatic nitrogens is 5. The van der Waals surface area contributed by atoms with Gasteiger partial charge in [0.1, 0.15) is 11.7 Å². The van der Waals surface area contributed by atoms with Gasteiger partial charge in [-0.05, 0) is 24.1 Å². The molecule has 0 saturated carbocycles. The Morgan fingerprint density at radius 1 is 1.27 bits per heavy atom. The summed E-state index contributed by atoms with van der Waals surface area (Å²) >= 11 is 0. The van der Waals surface area contributed by atoms with Crippen molar-refractivity contribution in [2.24, 2.45) is 7.05 Å². The third kappa shape index (κ3) is 3.09. The van der Waals surface area contributed by atoms with Crippen molar-refractivity contribution < 1.29 is 18.5 Å². The molecule has 1 unspecified atom stereocenters. The van der Waals surface area contributed by atoms with Crippen molar-refractivity contribution >= 4 is 22.9 Å². The molecule has 0 spiro atoms. The number of hydrogen-bond donors (Lipinski definition) is 1. The molecular weight excluding hydrogens is 392 g/mol. The first-order chi connectivity index (χ1) is 14.5. The predicted molar refractivity (Wildman–Crippen MR) is 101 cm³/mol. The molecule has 3 aromatic heterocycles. The number of hydrogen-bond acceptors (Lipinski definition) is 8. The third-order valence-electron chi connectivity index (χ3n) is 4.96. The molecule has 11 heteroatoms. The van der Waals surface area contributed by atoms with Gasteiger partial charge in [-0.2, -0.15) is 4.98 Å². The van der Waals surface area contributed by atoms with E-state index < -0.39 is 17.7 Å². The van der Waals surface area contributed by atoms with Crippen molar-refractivity contribution in [2.45, 2.75) is 25.3 Å². The van der Waals surface area contributed by atoms with Crippen LogP contribution in [0.1, 0.15) is 30.3 Å². The van der Waals surface area contributed by atoms with E-state index in [2.05, 4.69) is 20.4 Å². The van der Waals surface area contributed by atoms with Gasteiger partial charge in [0.05, 0.1) is 18.3 Å². The highest BCUT2D eigenvalue weighted by molar-refractivity contribution is 6.00. The summed E-state index contributed by atoms with van der Waals surface area (Å²) in [5.41, 5.74) is 2.22. The van der Waals surface area contributed by atoms with Gasteiger partial charge in [0.25, 0.3) is 0 Å². The van der Waals surface area contributed by atoms with Crippen LogP contribution in [0.2, 0.25) is 0 Å². The second-order valence-electron chi connectivity index (χ2n) is 7.12. The molecule has 0 bridgehead atoms. The quantitative estimate of drug-likeness (QED) is 0.493. The topological polar surface area (TPSA) is 138 Å². The van der Waals surface area contributed by atoms with Gasteiger partial charge in [0, 0.05) is 19.7 Å². The van der Waals surface area contributed by atoms with E-state index >= 15 is 0 Å². The lowest BCUT2D eigenvalue weighted by molar-refractivity contribution is -0.135. The number of nitrogens with zero attached hydrogens (tertiary/aromatic N) is 5. The van der Waals surface area contributed by atoms with E-state index in [1.165, 1.54) is 4.57 Å². The Balaban J connectivity index is 1.46. The number of benzene rings is 1. The minimum atomic E-state index is -0.800. The lowest BCUT2D eigenvalue weighted by Crippen LogP contribution is -2.43. The van der Waals surface area contributed by atoms with Crippen LogP contribution >= 0.6 is 0 Å². The highest BCUT2D eigenvalue weighted by atomic mass is 16.5. The predicted octanol–water partition coefficient (Wildman–Crippen LogP) is 0.946. The summed E-state index contributed by atoms with van der Waals surface area (Å²) in [7, 11) is 1.85. The average Bonchev–Trinajstić information content (AvgIpc) is 3.41. The minimum Gasteiger partial charge on any atom is -0.408 e. The number of imidazole rings is 1. The molecule has 11 nitrogen and oxygen atoms in total. The van der Waals surface area contributed by atoms with Crippen LogP contribution in [0, 0.1) is 0 Å². The second kappa shape index (κ2) is 6.79. The van der Waals surface area contributed by atoms with Gasteiger partial charge in [-0.1, -0.05) is 11.2 Å². The number of imide groups is 1. The minimum absolute atomic E-state index is 0.160. The van der Waals surface area contributed by atoms with Gasteiger partial charge in [-0.25, -0.2) is 9.78 Å². The number of amides is 2. The van der Waals surface area contributed by atoms with E-state index in [4.69, 9.17) is 8.94 Å². The summed E-state index contributed by atoms with van der Waals surface area (Å²) in [5.74, 6) is -0.744. The number of carbonyl (C=O) groups excluding carboxylic acids is 2. The summed E-state index contributed by atoms with van der Waals surface area (Å²) in [6.45, 7) is 0. The summed E-state index contributed by atoms with van der Waals surface area (Å²) < 4.78 is 13.7. The van der Waals surface area contributed by atoms with Crippen LogP contribution in [-0.4, -0.2) is 36.1 Å². The summed E-state index contributed by atoms with van der Waals surface area (Å²) in [4.78, 5) is 44.6. The van der Waals surface area contributed by atoms with Gasteiger partial charge in [-0.15, -0.1) is 0 Å². The lowest BCUT2D eigenvalue weighted by Gasteiger charge is -2.21. The van der Waals surface area contributed by atoms with E-state index in [-0.39, 0.29) is 18.7 Å². The second-order valence-corrected chi connectivity index (χ2v) is 7.12. The van der Waals surface area contributed by atoms with Crippen molar-refractivity contribution in [3.8, 4) is 11.5 Å². The zero-order valence-corrected chi connectivity index (χ0v) is 15.9. The van der Waals surface area contributed by atoms with E-state index in [9.17, 15) is 14.4 Å². The molecule has 0 aliphatic carbocycles. The van der Waals surface area contributed by atoms with Crippen molar-refractivity contribution in [3.05, 3.63) is 52.7 Å². The van der Waals surface area contributed by atoms with Crippen molar-refractivity contribution in [2.75, 3.05) is 0 Å². The molecule has 1 saturated heterocycles. The average molecular weight is 408 g/mol. The highest BCUT2D eigenvalue weighted by Crippen LogP contribution is 2.25. The Morgan fingerprint density at radius 2 is 2.13 bits per heavy atom. The molecule has 0 radical (unpaired) electrons. The molecule has 1 aromatic carbocycles. The SMILES string of the molecule is Cn1cnc(-c2noc(Cc3ccc4oc(=O)n(C5CCC(=O)NC5=O)c4c3)n2)c1. The zero-order chi connectivity index (χ0) is 20.8. The van der Waals surface area contributed by atoms with Gasteiger partial charge < -0.3 is 13.5 Å². The van der Waals surface area contributed by atoms with Gasteiger partial charge >= 0.3 is 5.76 Å². The van der Waals surface area contributed by atoms with Crippen LogP contribution in [0.5, 0.6) is 0 Å². The number of fused-ring (bicyclic) bond motifs is 1. The van der Waals surface area contributed by atoms with E-state index in [1.807, 2.05) is 7.05 Å². The number of oxazole rings is 1. The normalized spacial score (nSPS) is 16.9. The van der Waals surface area contributed by atoms with Crippen molar-refractivity contribution in [1.29, 1.82) is 0 Å². The van der Waals surface area contributed by atoms with Crippen LogP contribution < -0.4 is 11.1 Å². The van der Waals surface area contributed by atoms with Crippen LogP contribution in [0.15, 0.2) is 44.5 Å². The Morgan fingerprint density at radius 3 is 2.90 bits per heavy atom. The molecule has 4 aromatic rings. The first-order valence-electron chi connectivity index (χ1n) is 9.26. The Kier molecular flexibility index (Phi) is 4.09. The maximum absolute atomic E-state index is 12.4. The monoisotopic (exact) mass is 408 g/mol. The van der Waals surface area contributed by atoms with Crippen LogP contribution in [0.25, 0.3) is 22.6 Å². The molecule has 1 aliphatic heterocycles. The van der Waals surface area contributed by atoms with Gasteiger partial charge in [0.15, 0.2) is 5.58 Å². The largest absolute Gasteiger partial charge is 0.420 e. The molecule has 5 rings (SSSR count). The summed E-state index contributed by atoms with van der Waals surface area (Å²) in [6.07, 6.45) is 4.15. The molecule has 1 fully saturated rings. The smallest absolute Gasteiger partial charge is 0.408 e. The van der Waals surface area contributed by atoms with Gasteiger partial charge in [-0.3, -0.25) is 19.5 Å². The Bertz CT molecular complexity index is 1340. The maximum Gasteiger partial charge on any atom is 0.420 e. The number of rotatable bonds is 4. The zero-order valence-electron chi connectivity index (χ0n) is 15.9. The molecule has 1 atom stereocenters. The van der Waals surface area contributed by atoms with E-state index in [1.54, 1.807) is 35.3 Å². The van der Waals surface area contributed by atoms with E-state index in [0.29, 0.717) is 34.9 Å². The molecule has 4 heterocycles. The summed E-state index contributed by atoms with van der Waals surface area (Å²) in [5, 5.41) is 6.21. The molecule has 1 aliphatic rings. The molecule has 1 N–H and O–H groups in total. The molecule has 152 valence electrons. The molecular formula is C19H16N6O5. The fraction of sp³-hybridized carbons (Fsp3) is 0.263. The standard InChI is InChI=1S/C19H16N6O5/c1-24-8-11(20-9-24)17-22-16(30-23-17)7-10-2-4-14-13(6-10)25(19(28)29-14)12-3-5-15(26)21-18(12)27/h2,4,6,8-9,12H,3,5,7H2,1H3,(H,21,26,27). The number of carbonyl (C=O) groups is 2.